The molecular formula is C16H23NO2. The molecule has 1 aromatic carbocycles. The lowest BCUT2D eigenvalue weighted by molar-refractivity contribution is -0.141. The lowest BCUT2D eigenvalue weighted by atomic mass is 10.0. The summed E-state index contributed by atoms with van der Waals surface area (Å²) in [7, 11) is 3.46. The highest BCUT2D eigenvalue weighted by atomic mass is 16.5. The molecule has 0 amide bonds. The Hall–Kier alpha value is -1.61. The summed E-state index contributed by atoms with van der Waals surface area (Å²) < 4.78 is 4.76. The van der Waals surface area contributed by atoms with E-state index in [0.29, 0.717) is 6.42 Å². The van der Waals surface area contributed by atoms with E-state index in [0.717, 1.165) is 0 Å². The molecule has 0 aliphatic rings. The first-order valence-electron chi connectivity index (χ1n) is 6.56. The molecule has 0 unspecified atom stereocenters. The van der Waals surface area contributed by atoms with Crippen molar-refractivity contribution in [2.24, 2.45) is 0 Å². The molecule has 0 radical (unpaired) electrons. The fourth-order valence-electron chi connectivity index (χ4n) is 2.08. The second kappa shape index (κ2) is 7.74. The summed E-state index contributed by atoms with van der Waals surface area (Å²) in [6.07, 6.45) is 4.38. The van der Waals surface area contributed by atoms with Gasteiger partial charge >= 0.3 is 5.97 Å². The Morgan fingerprint density at radius 3 is 2.53 bits per heavy atom. The van der Waals surface area contributed by atoms with Crippen LogP contribution in [0.25, 0.3) is 0 Å². The van der Waals surface area contributed by atoms with Crippen molar-refractivity contribution in [3.05, 3.63) is 48.0 Å². The summed E-state index contributed by atoms with van der Waals surface area (Å²) in [6, 6.07) is 10.6. The van der Waals surface area contributed by atoms with Crippen LogP contribution in [0.2, 0.25) is 0 Å². The SMILES string of the molecule is C/C=C/[C@H](CC(=O)OC)N(C)[C@H](C)c1ccccc1. The number of ether oxygens (including phenoxy) is 1. The van der Waals surface area contributed by atoms with Gasteiger partial charge in [-0.3, -0.25) is 9.69 Å². The number of carbonyl (C=O) groups is 1. The Morgan fingerprint density at radius 2 is 2.00 bits per heavy atom. The second-order valence-electron chi connectivity index (χ2n) is 4.63. The van der Waals surface area contributed by atoms with Gasteiger partial charge in [-0.2, -0.15) is 0 Å². The average molecular weight is 261 g/mol. The van der Waals surface area contributed by atoms with Crippen molar-refractivity contribution in [1.29, 1.82) is 0 Å². The van der Waals surface area contributed by atoms with Crippen LogP contribution in [0.15, 0.2) is 42.5 Å². The highest BCUT2D eigenvalue weighted by molar-refractivity contribution is 5.70. The number of benzene rings is 1. The van der Waals surface area contributed by atoms with Crippen molar-refractivity contribution in [2.75, 3.05) is 14.2 Å². The zero-order valence-electron chi connectivity index (χ0n) is 12.2. The van der Waals surface area contributed by atoms with Crippen LogP contribution in [0.4, 0.5) is 0 Å². The maximum Gasteiger partial charge on any atom is 0.307 e. The van der Waals surface area contributed by atoms with Crippen molar-refractivity contribution < 1.29 is 9.53 Å². The smallest absolute Gasteiger partial charge is 0.307 e. The standard InChI is InChI=1S/C16H23NO2/c1-5-9-15(12-16(18)19-4)17(3)13(2)14-10-7-6-8-11-14/h5-11,13,15H,12H2,1-4H3/b9-5+/t13-,15-/m1/s1. The third-order valence-electron chi connectivity index (χ3n) is 3.43. The highest BCUT2D eigenvalue weighted by Gasteiger charge is 2.21. The number of esters is 1. The number of allylic oxidation sites excluding steroid dienone is 1. The predicted molar refractivity (Wildman–Crippen MR) is 77.9 cm³/mol. The van der Waals surface area contributed by atoms with Gasteiger partial charge in [0.2, 0.25) is 0 Å². The second-order valence-corrected chi connectivity index (χ2v) is 4.63. The van der Waals surface area contributed by atoms with Crippen molar-refractivity contribution >= 4 is 5.97 Å². The zero-order valence-corrected chi connectivity index (χ0v) is 12.2. The van der Waals surface area contributed by atoms with Crippen molar-refractivity contribution in [2.45, 2.75) is 32.4 Å². The van der Waals surface area contributed by atoms with Gasteiger partial charge in [0, 0.05) is 12.1 Å². The number of likely N-dealkylation sites (N-methyl/N-ethyl adjacent to an activating group) is 1. The fourth-order valence-corrected chi connectivity index (χ4v) is 2.08. The van der Waals surface area contributed by atoms with Gasteiger partial charge in [-0.05, 0) is 26.5 Å². The molecule has 2 atom stereocenters. The van der Waals surface area contributed by atoms with Crippen LogP contribution >= 0.6 is 0 Å². The molecule has 19 heavy (non-hydrogen) atoms. The minimum atomic E-state index is -0.185. The molecule has 3 nitrogen and oxygen atoms in total. The maximum absolute atomic E-state index is 11.5. The van der Waals surface area contributed by atoms with Crippen LogP contribution in [0.1, 0.15) is 31.9 Å². The Labute approximate surface area is 115 Å². The molecule has 1 aromatic rings. The molecular weight excluding hydrogens is 238 g/mol. The van der Waals surface area contributed by atoms with E-state index in [4.69, 9.17) is 4.74 Å². The van der Waals surface area contributed by atoms with E-state index in [-0.39, 0.29) is 18.1 Å². The highest BCUT2D eigenvalue weighted by Crippen LogP contribution is 2.22. The Kier molecular flexibility index (Phi) is 6.30. The van der Waals surface area contributed by atoms with Gasteiger partial charge in [0.15, 0.2) is 0 Å². The summed E-state index contributed by atoms with van der Waals surface area (Å²) in [5, 5.41) is 0. The topological polar surface area (TPSA) is 29.5 Å². The minimum Gasteiger partial charge on any atom is -0.469 e. The minimum absolute atomic E-state index is 0.0488. The lowest BCUT2D eigenvalue weighted by Crippen LogP contribution is -2.34. The number of hydrogen-bond donors (Lipinski definition) is 0. The summed E-state index contributed by atoms with van der Waals surface area (Å²) in [5.41, 5.74) is 1.24. The molecule has 0 spiro atoms. The Morgan fingerprint density at radius 1 is 1.37 bits per heavy atom. The molecule has 0 bridgehead atoms. The first-order chi connectivity index (χ1) is 9.10. The van der Waals surface area contributed by atoms with Crippen LogP contribution in [0.5, 0.6) is 0 Å². The van der Waals surface area contributed by atoms with E-state index in [9.17, 15) is 4.79 Å². The first-order valence-corrected chi connectivity index (χ1v) is 6.56. The summed E-state index contributed by atoms with van der Waals surface area (Å²) in [6.45, 7) is 4.11. The largest absolute Gasteiger partial charge is 0.469 e. The van der Waals surface area contributed by atoms with E-state index < -0.39 is 0 Å². The van der Waals surface area contributed by atoms with Gasteiger partial charge in [0.25, 0.3) is 0 Å². The van der Waals surface area contributed by atoms with Crippen molar-refractivity contribution in [1.82, 2.24) is 4.90 Å². The molecule has 0 saturated heterocycles. The molecule has 1 rings (SSSR count). The van der Waals surface area contributed by atoms with Crippen LogP contribution in [0, 0.1) is 0 Å². The van der Waals surface area contributed by atoms with E-state index in [1.807, 2.05) is 44.3 Å². The van der Waals surface area contributed by atoms with Gasteiger partial charge < -0.3 is 4.74 Å². The van der Waals surface area contributed by atoms with Crippen LogP contribution < -0.4 is 0 Å². The van der Waals surface area contributed by atoms with Crippen LogP contribution in [-0.2, 0) is 9.53 Å². The quantitative estimate of drug-likeness (QED) is 0.582. The third kappa shape index (κ3) is 4.52. The zero-order chi connectivity index (χ0) is 14.3. The van der Waals surface area contributed by atoms with E-state index in [2.05, 4.69) is 24.0 Å². The van der Waals surface area contributed by atoms with Gasteiger partial charge in [0.1, 0.15) is 0 Å². The molecule has 0 aliphatic heterocycles. The lowest BCUT2D eigenvalue weighted by Gasteiger charge is -2.31. The van der Waals surface area contributed by atoms with Crippen molar-refractivity contribution in [3.63, 3.8) is 0 Å². The summed E-state index contributed by atoms with van der Waals surface area (Å²) in [5.74, 6) is -0.185. The molecule has 3 heteroatoms. The van der Waals surface area contributed by atoms with Crippen LogP contribution in [0.3, 0.4) is 0 Å². The molecule has 104 valence electrons. The number of methoxy groups -OCH3 is 1. The van der Waals surface area contributed by atoms with E-state index in [1.165, 1.54) is 12.7 Å². The summed E-state index contributed by atoms with van der Waals surface area (Å²) in [4.78, 5) is 13.7. The van der Waals surface area contributed by atoms with Gasteiger partial charge in [0.05, 0.1) is 13.5 Å². The average Bonchev–Trinajstić information content (AvgIpc) is 2.46. The van der Waals surface area contributed by atoms with Crippen LogP contribution in [-0.4, -0.2) is 31.1 Å². The predicted octanol–water partition coefficient (Wildman–Crippen LogP) is 3.19. The van der Waals surface area contributed by atoms with Crippen molar-refractivity contribution in [3.8, 4) is 0 Å². The normalized spacial score (nSPS) is 14.6. The van der Waals surface area contributed by atoms with Gasteiger partial charge in [-0.15, -0.1) is 0 Å². The number of carbonyl (C=O) groups excluding carboxylic acids is 1. The van der Waals surface area contributed by atoms with E-state index in [1.54, 1.807) is 0 Å². The number of nitrogens with zero attached hydrogens (tertiary/aromatic N) is 1. The maximum atomic E-state index is 11.5. The number of rotatable bonds is 6. The van der Waals surface area contributed by atoms with Gasteiger partial charge in [-0.1, -0.05) is 42.5 Å². The molecule has 0 saturated carbocycles. The van der Waals surface area contributed by atoms with E-state index >= 15 is 0 Å². The first kappa shape index (κ1) is 15.4. The molecule has 0 fully saturated rings. The fraction of sp³-hybridized carbons (Fsp3) is 0.438. The van der Waals surface area contributed by atoms with Gasteiger partial charge in [-0.25, -0.2) is 0 Å². The molecule has 0 N–H and O–H groups in total. The third-order valence-corrected chi connectivity index (χ3v) is 3.43. The summed E-state index contributed by atoms with van der Waals surface area (Å²) >= 11 is 0. The molecule has 0 aromatic heterocycles. The molecule has 0 aliphatic carbocycles. The Bertz CT molecular complexity index is 414. The molecule has 0 heterocycles. The number of hydrogen-bond acceptors (Lipinski definition) is 3. The Balaban J connectivity index is 2.81. The monoisotopic (exact) mass is 261 g/mol.